The Kier molecular flexibility index (Phi) is 7.87. The van der Waals surface area contributed by atoms with Gasteiger partial charge in [-0.05, 0) is 80.0 Å². The summed E-state index contributed by atoms with van der Waals surface area (Å²) in [5.41, 5.74) is 3.00. The molecule has 208 valence electrons. The van der Waals surface area contributed by atoms with Gasteiger partial charge in [-0.15, -0.1) is 11.3 Å². The molecular formula is C30H28ClNO7S. The molecule has 2 aromatic carbocycles. The zero-order valence-corrected chi connectivity index (χ0v) is 24.1. The van der Waals surface area contributed by atoms with E-state index >= 15 is 0 Å². The van der Waals surface area contributed by atoms with E-state index in [9.17, 15) is 14.4 Å². The average Bonchev–Trinajstić information content (AvgIpc) is 3.28. The molecule has 10 heteroatoms. The number of nitrogens with one attached hydrogen (secondary N) is 1. The van der Waals surface area contributed by atoms with Crippen LogP contribution in [0.1, 0.15) is 45.3 Å². The SMILES string of the molecule is COC(=O)c1c(NC(=O)COc2ccc3c(=O)c(Oc4cc(C)c(Cl)c(C)c4)coc3c2)sc2c1CCC(C)C2. The summed E-state index contributed by atoms with van der Waals surface area (Å²) in [4.78, 5) is 39.3. The number of esters is 1. The summed E-state index contributed by atoms with van der Waals surface area (Å²) in [5, 5.41) is 4.24. The van der Waals surface area contributed by atoms with E-state index in [-0.39, 0.29) is 23.4 Å². The molecule has 0 spiro atoms. The smallest absolute Gasteiger partial charge is 0.341 e. The number of hydrogen-bond donors (Lipinski definition) is 1. The maximum absolute atomic E-state index is 13.0. The number of halogens is 1. The molecule has 0 bridgehead atoms. The fourth-order valence-corrected chi connectivity index (χ4v) is 6.34. The third-order valence-corrected chi connectivity index (χ3v) is 8.64. The van der Waals surface area contributed by atoms with E-state index in [1.807, 2.05) is 13.8 Å². The third-order valence-electron chi connectivity index (χ3n) is 6.88. The van der Waals surface area contributed by atoms with E-state index in [0.717, 1.165) is 40.8 Å². The van der Waals surface area contributed by atoms with Gasteiger partial charge in [-0.25, -0.2) is 4.79 Å². The van der Waals surface area contributed by atoms with Crippen LogP contribution in [0.2, 0.25) is 5.02 Å². The minimum atomic E-state index is -0.461. The van der Waals surface area contributed by atoms with Gasteiger partial charge in [0.15, 0.2) is 6.61 Å². The fraction of sp³-hybridized carbons (Fsp3) is 0.300. The van der Waals surface area contributed by atoms with E-state index in [4.69, 9.17) is 30.2 Å². The zero-order chi connectivity index (χ0) is 28.6. The zero-order valence-electron chi connectivity index (χ0n) is 22.5. The molecule has 1 unspecified atom stereocenters. The van der Waals surface area contributed by atoms with Crippen molar-refractivity contribution in [2.45, 2.75) is 40.0 Å². The van der Waals surface area contributed by atoms with Gasteiger partial charge in [0, 0.05) is 16.0 Å². The van der Waals surface area contributed by atoms with Crippen molar-refractivity contribution in [1.29, 1.82) is 0 Å². The highest BCUT2D eigenvalue weighted by Gasteiger charge is 2.29. The number of rotatable bonds is 7. The topological polar surface area (TPSA) is 104 Å². The number of carbonyl (C=O) groups excluding carboxylic acids is 2. The summed E-state index contributed by atoms with van der Waals surface area (Å²) in [6, 6.07) is 8.18. The lowest BCUT2D eigenvalue weighted by molar-refractivity contribution is -0.118. The molecule has 0 radical (unpaired) electrons. The molecular weight excluding hydrogens is 554 g/mol. The Hall–Kier alpha value is -3.82. The summed E-state index contributed by atoms with van der Waals surface area (Å²) in [6.45, 7) is 5.59. The average molecular weight is 582 g/mol. The number of anilines is 1. The van der Waals surface area contributed by atoms with Crippen LogP contribution >= 0.6 is 22.9 Å². The number of methoxy groups -OCH3 is 1. The standard InChI is InChI=1S/C30H28ClNO7S/c1-15-5-7-21-24(9-15)40-29(26(21)30(35)36-4)32-25(33)14-37-18-6-8-20-22(12-18)38-13-23(28(20)34)39-19-10-16(2)27(31)17(3)11-19/h6,8,10-13,15H,5,7,9,14H2,1-4H3,(H,32,33). The second kappa shape index (κ2) is 11.3. The lowest BCUT2D eigenvalue weighted by Crippen LogP contribution is -2.21. The van der Waals surface area contributed by atoms with Gasteiger partial charge in [0.1, 0.15) is 28.3 Å². The summed E-state index contributed by atoms with van der Waals surface area (Å²) in [7, 11) is 1.33. The van der Waals surface area contributed by atoms with Crippen LogP contribution in [0, 0.1) is 19.8 Å². The van der Waals surface area contributed by atoms with Gasteiger partial charge in [0.2, 0.25) is 11.2 Å². The first-order chi connectivity index (χ1) is 19.1. The molecule has 1 aliphatic carbocycles. The van der Waals surface area contributed by atoms with Gasteiger partial charge in [0.25, 0.3) is 5.91 Å². The first-order valence-corrected chi connectivity index (χ1v) is 14.0. The monoisotopic (exact) mass is 581 g/mol. The van der Waals surface area contributed by atoms with E-state index in [2.05, 4.69) is 12.2 Å². The Labute approximate surface area is 239 Å². The highest BCUT2D eigenvalue weighted by atomic mass is 35.5. The number of hydrogen-bond acceptors (Lipinski definition) is 8. The van der Waals surface area contributed by atoms with Gasteiger partial charge in [-0.1, -0.05) is 18.5 Å². The fourth-order valence-electron chi connectivity index (χ4n) is 4.81. The van der Waals surface area contributed by atoms with Crippen molar-refractivity contribution in [2.24, 2.45) is 5.92 Å². The lowest BCUT2D eigenvalue weighted by atomic mass is 9.88. The minimum absolute atomic E-state index is 0.0381. The van der Waals surface area contributed by atoms with Gasteiger partial charge in [-0.2, -0.15) is 0 Å². The van der Waals surface area contributed by atoms with E-state index in [0.29, 0.717) is 38.4 Å². The molecule has 0 saturated carbocycles. The molecule has 1 amide bonds. The predicted octanol–water partition coefficient (Wildman–Crippen LogP) is 6.85. The first kappa shape index (κ1) is 27.7. The highest BCUT2D eigenvalue weighted by Crippen LogP contribution is 2.40. The molecule has 2 aromatic heterocycles. The molecule has 1 atom stereocenters. The normalized spacial score (nSPS) is 14.5. The number of thiophene rings is 1. The van der Waals surface area contributed by atoms with Crippen molar-refractivity contribution in [3.63, 3.8) is 0 Å². The first-order valence-electron chi connectivity index (χ1n) is 12.8. The maximum Gasteiger partial charge on any atom is 0.341 e. The van der Waals surface area contributed by atoms with Crippen molar-refractivity contribution >= 4 is 50.8 Å². The van der Waals surface area contributed by atoms with Gasteiger partial charge in [-0.3, -0.25) is 9.59 Å². The van der Waals surface area contributed by atoms with Crippen LogP contribution in [0.4, 0.5) is 5.00 Å². The number of fused-ring (bicyclic) bond motifs is 2. The number of aryl methyl sites for hydroxylation is 2. The van der Waals surface area contributed by atoms with Crippen molar-refractivity contribution in [3.8, 4) is 17.2 Å². The maximum atomic E-state index is 13.0. The second-order valence-electron chi connectivity index (χ2n) is 9.94. The summed E-state index contributed by atoms with van der Waals surface area (Å²) in [6.07, 6.45) is 3.87. The number of benzene rings is 2. The lowest BCUT2D eigenvalue weighted by Gasteiger charge is -2.18. The summed E-state index contributed by atoms with van der Waals surface area (Å²) in [5.74, 6) is 0.499. The van der Waals surface area contributed by atoms with Gasteiger partial charge in [0.05, 0.1) is 18.1 Å². The Morgan fingerprint density at radius 3 is 2.62 bits per heavy atom. The quantitative estimate of drug-likeness (QED) is 0.238. The summed E-state index contributed by atoms with van der Waals surface area (Å²) >= 11 is 7.63. The van der Waals surface area contributed by atoms with Gasteiger partial charge >= 0.3 is 5.97 Å². The molecule has 1 aliphatic rings. The molecule has 2 heterocycles. The van der Waals surface area contributed by atoms with Crippen molar-refractivity contribution in [1.82, 2.24) is 0 Å². The number of carbonyl (C=O) groups is 2. The third kappa shape index (κ3) is 5.57. The van der Waals surface area contributed by atoms with Crippen molar-refractivity contribution in [2.75, 3.05) is 19.0 Å². The Bertz CT molecular complexity index is 1670. The van der Waals surface area contributed by atoms with Crippen LogP contribution in [0.25, 0.3) is 11.0 Å². The van der Waals surface area contributed by atoms with Crippen molar-refractivity contribution < 1.29 is 28.2 Å². The summed E-state index contributed by atoms with van der Waals surface area (Å²) < 4.78 is 22.1. The molecule has 0 fully saturated rings. The molecule has 4 aromatic rings. The Balaban J connectivity index is 1.29. The minimum Gasteiger partial charge on any atom is -0.484 e. The van der Waals surface area contributed by atoms with Crippen LogP contribution < -0.4 is 20.2 Å². The van der Waals surface area contributed by atoms with Crippen LogP contribution in [0.3, 0.4) is 0 Å². The van der Waals surface area contributed by atoms with Crippen LogP contribution in [0.15, 0.2) is 45.8 Å². The molecule has 0 aliphatic heterocycles. The molecule has 0 saturated heterocycles. The number of ether oxygens (including phenoxy) is 3. The largest absolute Gasteiger partial charge is 0.484 e. The van der Waals surface area contributed by atoms with Crippen LogP contribution in [-0.2, 0) is 22.4 Å². The predicted molar refractivity (Wildman–Crippen MR) is 154 cm³/mol. The van der Waals surface area contributed by atoms with Gasteiger partial charge < -0.3 is 23.9 Å². The van der Waals surface area contributed by atoms with E-state index in [1.54, 1.807) is 24.3 Å². The highest BCUT2D eigenvalue weighted by molar-refractivity contribution is 7.17. The molecule has 5 rings (SSSR count). The molecule has 8 nitrogen and oxygen atoms in total. The molecule has 1 N–H and O–H groups in total. The van der Waals surface area contributed by atoms with E-state index < -0.39 is 11.9 Å². The van der Waals surface area contributed by atoms with E-state index in [1.165, 1.54) is 30.8 Å². The Morgan fingerprint density at radius 2 is 1.90 bits per heavy atom. The molecule has 40 heavy (non-hydrogen) atoms. The van der Waals surface area contributed by atoms with Crippen LogP contribution in [0.5, 0.6) is 17.2 Å². The Morgan fingerprint density at radius 1 is 1.15 bits per heavy atom. The van der Waals surface area contributed by atoms with Crippen molar-refractivity contribution in [3.05, 3.63) is 79.0 Å². The van der Waals surface area contributed by atoms with Crippen LogP contribution in [-0.4, -0.2) is 25.6 Å². The number of amides is 1. The second-order valence-corrected chi connectivity index (χ2v) is 11.4.